The number of hydrogen-bond donors (Lipinski definition) is 2. The monoisotopic (exact) mass is 476 g/mol. The normalized spacial score (nSPS) is 11.6. The number of aryl methyl sites for hydroxylation is 2. The molecule has 178 valence electrons. The number of benzene rings is 2. The highest BCUT2D eigenvalue weighted by Gasteiger charge is 2.23. The predicted molar refractivity (Wildman–Crippen MR) is 141 cm³/mol. The summed E-state index contributed by atoms with van der Waals surface area (Å²) < 4.78 is 1.85. The Morgan fingerprint density at radius 1 is 1.03 bits per heavy atom. The van der Waals surface area contributed by atoms with Crippen molar-refractivity contribution in [2.24, 2.45) is 0 Å². The molecule has 4 rings (SSSR count). The van der Waals surface area contributed by atoms with Crippen molar-refractivity contribution in [2.75, 3.05) is 23.8 Å². The van der Waals surface area contributed by atoms with Gasteiger partial charge in [0.05, 0.1) is 6.54 Å². The highest BCUT2D eigenvalue weighted by molar-refractivity contribution is 7.20. The van der Waals surface area contributed by atoms with Crippen LogP contribution in [0.1, 0.15) is 37.5 Å². The lowest BCUT2D eigenvalue weighted by Crippen LogP contribution is -2.34. The van der Waals surface area contributed by atoms with Crippen molar-refractivity contribution >= 4 is 33.2 Å². The zero-order chi connectivity index (χ0) is 24.5. The van der Waals surface area contributed by atoms with Gasteiger partial charge in [-0.1, -0.05) is 71.0 Å². The number of amides is 1. The number of carbonyl (C=O) groups is 1. The van der Waals surface area contributed by atoms with E-state index in [1.165, 1.54) is 22.5 Å². The molecule has 4 aromatic rings. The summed E-state index contributed by atoms with van der Waals surface area (Å²) in [4.78, 5) is 20.1. The lowest BCUT2D eigenvalue weighted by molar-refractivity contribution is -0.119. The second-order valence-corrected chi connectivity index (χ2v) is 10.7. The molecule has 0 aliphatic carbocycles. The van der Waals surface area contributed by atoms with Crippen LogP contribution in [0, 0.1) is 13.8 Å². The molecule has 0 saturated carbocycles. The van der Waals surface area contributed by atoms with Crippen molar-refractivity contribution in [3.8, 4) is 11.3 Å². The molecule has 0 saturated heterocycles. The molecule has 0 fully saturated rings. The maximum absolute atomic E-state index is 12.5. The molecular formula is C26H32N6OS. The Kier molecular flexibility index (Phi) is 6.61. The van der Waals surface area contributed by atoms with Crippen molar-refractivity contribution in [2.45, 2.75) is 46.7 Å². The van der Waals surface area contributed by atoms with Crippen LogP contribution in [0.5, 0.6) is 0 Å². The Balaban J connectivity index is 1.53. The number of hydrogen-bond acceptors (Lipinski definition) is 6. The first-order chi connectivity index (χ1) is 16.1. The van der Waals surface area contributed by atoms with Crippen molar-refractivity contribution in [3.05, 3.63) is 65.2 Å². The molecule has 0 aliphatic rings. The second-order valence-electron chi connectivity index (χ2n) is 9.75. The van der Waals surface area contributed by atoms with E-state index in [1.807, 2.05) is 47.7 Å². The minimum atomic E-state index is -0.166. The Hall–Kier alpha value is -3.39. The third-order valence-electron chi connectivity index (χ3n) is 5.33. The Bertz CT molecular complexity index is 1280. The highest BCUT2D eigenvalue weighted by atomic mass is 32.1. The molecule has 0 radical (unpaired) electrons. The minimum Gasteiger partial charge on any atom is -0.364 e. The van der Waals surface area contributed by atoms with Crippen molar-refractivity contribution in [1.29, 1.82) is 0 Å². The molecule has 2 N–H and O–H groups in total. The third kappa shape index (κ3) is 5.56. The van der Waals surface area contributed by atoms with E-state index in [1.54, 1.807) is 0 Å². The summed E-state index contributed by atoms with van der Waals surface area (Å²) in [6.07, 6.45) is 0. The first-order valence-electron chi connectivity index (χ1n) is 11.4. The smallest absolute Gasteiger partial charge is 0.239 e. The zero-order valence-corrected chi connectivity index (χ0v) is 21.5. The van der Waals surface area contributed by atoms with Gasteiger partial charge in [-0.2, -0.15) is 4.52 Å². The number of rotatable bonds is 7. The number of nitrogens with zero attached hydrogens (tertiary/aromatic N) is 4. The van der Waals surface area contributed by atoms with Gasteiger partial charge in [0, 0.05) is 24.7 Å². The van der Waals surface area contributed by atoms with E-state index >= 15 is 0 Å². The quantitative estimate of drug-likeness (QED) is 0.391. The first kappa shape index (κ1) is 23.8. The van der Waals surface area contributed by atoms with E-state index in [2.05, 4.69) is 62.6 Å². The molecule has 2 aromatic heterocycles. The van der Waals surface area contributed by atoms with Crippen LogP contribution >= 0.6 is 11.3 Å². The largest absolute Gasteiger partial charge is 0.364 e. The first-order valence-corrected chi connectivity index (χ1v) is 12.2. The number of likely N-dealkylation sites (N-methyl/N-ethyl adjacent to an activating group) is 1. The summed E-state index contributed by atoms with van der Waals surface area (Å²) in [5.41, 5.74) is 5.24. The fourth-order valence-corrected chi connectivity index (χ4v) is 4.38. The predicted octanol–water partition coefficient (Wildman–Crippen LogP) is 5.04. The SMILES string of the molecule is Cc1ccc(CNC(=O)CN(C)c2nn3c(NC(C)(C)C)c(-c4ccc(C)cc4)nc3s2)cc1. The molecule has 34 heavy (non-hydrogen) atoms. The van der Waals surface area contributed by atoms with E-state index in [0.717, 1.165) is 32.7 Å². The lowest BCUT2D eigenvalue weighted by Gasteiger charge is -2.22. The van der Waals surface area contributed by atoms with Gasteiger partial charge in [-0.05, 0) is 40.2 Å². The van der Waals surface area contributed by atoms with Gasteiger partial charge >= 0.3 is 0 Å². The van der Waals surface area contributed by atoms with Crippen LogP contribution < -0.4 is 15.5 Å². The summed E-state index contributed by atoms with van der Waals surface area (Å²) in [5.74, 6) is 0.801. The molecule has 0 atom stereocenters. The summed E-state index contributed by atoms with van der Waals surface area (Å²) in [6.45, 7) is 11.2. The summed E-state index contributed by atoms with van der Waals surface area (Å²) in [6, 6.07) is 16.5. The van der Waals surface area contributed by atoms with Gasteiger partial charge in [-0.25, -0.2) is 4.98 Å². The van der Waals surface area contributed by atoms with Gasteiger partial charge in [0.2, 0.25) is 16.0 Å². The molecule has 7 nitrogen and oxygen atoms in total. The van der Waals surface area contributed by atoms with E-state index in [-0.39, 0.29) is 18.0 Å². The van der Waals surface area contributed by atoms with Crippen LogP contribution in [0.25, 0.3) is 16.2 Å². The molecule has 0 spiro atoms. The molecular weight excluding hydrogens is 444 g/mol. The number of aromatic nitrogens is 3. The lowest BCUT2D eigenvalue weighted by atomic mass is 10.1. The summed E-state index contributed by atoms with van der Waals surface area (Å²) in [5, 5.41) is 12.1. The maximum Gasteiger partial charge on any atom is 0.239 e. The van der Waals surface area contributed by atoms with Crippen molar-refractivity contribution < 1.29 is 4.79 Å². The average molecular weight is 477 g/mol. The Morgan fingerprint density at radius 2 is 1.65 bits per heavy atom. The van der Waals surface area contributed by atoms with Gasteiger partial charge in [0.25, 0.3) is 0 Å². The topological polar surface area (TPSA) is 74.6 Å². The fraction of sp³-hybridized carbons (Fsp3) is 0.346. The van der Waals surface area contributed by atoms with Crippen LogP contribution in [-0.4, -0.2) is 39.6 Å². The van der Waals surface area contributed by atoms with Gasteiger partial charge in [0.15, 0.2) is 5.82 Å². The number of fused-ring (bicyclic) bond motifs is 1. The number of imidazole rings is 1. The van der Waals surface area contributed by atoms with Crippen LogP contribution in [0.4, 0.5) is 10.9 Å². The van der Waals surface area contributed by atoms with E-state index in [0.29, 0.717) is 6.54 Å². The van der Waals surface area contributed by atoms with Gasteiger partial charge in [-0.3, -0.25) is 4.79 Å². The Labute approximate surface area is 204 Å². The maximum atomic E-state index is 12.5. The van der Waals surface area contributed by atoms with E-state index in [4.69, 9.17) is 10.1 Å². The number of carbonyl (C=O) groups excluding carboxylic acids is 1. The molecule has 0 bridgehead atoms. The van der Waals surface area contributed by atoms with Crippen LogP contribution in [0.15, 0.2) is 48.5 Å². The van der Waals surface area contributed by atoms with Gasteiger partial charge in [-0.15, -0.1) is 5.10 Å². The number of anilines is 2. The van der Waals surface area contributed by atoms with E-state index in [9.17, 15) is 4.79 Å². The highest BCUT2D eigenvalue weighted by Crippen LogP contribution is 2.34. The average Bonchev–Trinajstić information content (AvgIpc) is 3.32. The third-order valence-corrected chi connectivity index (χ3v) is 6.35. The van der Waals surface area contributed by atoms with Gasteiger partial charge in [0.1, 0.15) is 5.69 Å². The summed E-state index contributed by atoms with van der Waals surface area (Å²) >= 11 is 1.47. The molecule has 8 heteroatoms. The van der Waals surface area contributed by atoms with Crippen molar-refractivity contribution in [1.82, 2.24) is 19.9 Å². The zero-order valence-electron chi connectivity index (χ0n) is 20.6. The summed E-state index contributed by atoms with van der Waals surface area (Å²) in [7, 11) is 1.88. The van der Waals surface area contributed by atoms with Crippen LogP contribution in [-0.2, 0) is 11.3 Å². The molecule has 1 amide bonds. The van der Waals surface area contributed by atoms with Gasteiger partial charge < -0.3 is 15.5 Å². The Morgan fingerprint density at radius 3 is 2.26 bits per heavy atom. The molecule has 2 heterocycles. The standard InChI is InChI=1S/C26H32N6OS/c1-17-7-11-19(12-8-17)15-27-21(33)16-31(6)25-30-32-23(29-26(3,4)5)22(28-24(32)34-25)20-13-9-18(2)10-14-20/h7-14,29H,15-16H2,1-6H3,(H,27,33). The molecule has 2 aromatic carbocycles. The minimum absolute atomic E-state index is 0.0516. The van der Waals surface area contributed by atoms with E-state index < -0.39 is 0 Å². The number of nitrogens with one attached hydrogen (secondary N) is 2. The van der Waals surface area contributed by atoms with Crippen LogP contribution in [0.2, 0.25) is 0 Å². The fourth-order valence-electron chi connectivity index (χ4n) is 3.52. The second kappa shape index (κ2) is 9.46. The van der Waals surface area contributed by atoms with Crippen LogP contribution in [0.3, 0.4) is 0 Å². The molecule has 0 unspecified atom stereocenters. The molecule has 0 aliphatic heterocycles. The van der Waals surface area contributed by atoms with Crippen molar-refractivity contribution in [3.63, 3.8) is 0 Å².